The van der Waals surface area contributed by atoms with Crippen LogP contribution in [0, 0.1) is 10.1 Å². The Balaban J connectivity index is 1.82. The molecule has 2 aliphatic rings. The first-order chi connectivity index (χ1) is 14.5. The molecule has 0 radical (unpaired) electrons. The van der Waals surface area contributed by atoms with Crippen molar-refractivity contribution in [3.63, 3.8) is 0 Å². The fraction of sp³-hybridized carbons (Fsp3) is 0.227. The van der Waals surface area contributed by atoms with Crippen LogP contribution in [-0.2, 0) is 9.59 Å². The molecule has 1 aliphatic carbocycles. The molecule has 1 aromatic heterocycles. The van der Waals surface area contributed by atoms with Gasteiger partial charge in [-0.15, -0.1) is 0 Å². The fourth-order valence-corrected chi connectivity index (χ4v) is 4.06. The number of pyridine rings is 1. The molecule has 1 atom stereocenters. The van der Waals surface area contributed by atoms with Crippen LogP contribution in [0.4, 0.5) is 11.5 Å². The van der Waals surface area contributed by atoms with Gasteiger partial charge in [0, 0.05) is 53.2 Å². The Morgan fingerprint density at radius 1 is 1.23 bits per heavy atom. The summed E-state index contributed by atoms with van der Waals surface area (Å²) in [6.07, 6.45) is 3.38. The molecule has 1 aromatic carbocycles. The van der Waals surface area contributed by atoms with E-state index in [0.717, 1.165) is 12.1 Å². The number of nitrogens with zero attached hydrogens (tertiary/aromatic N) is 2. The summed E-state index contributed by atoms with van der Waals surface area (Å²) >= 11 is 0. The number of aromatic nitrogens is 1. The lowest BCUT2D eigenvalue weighted by molar-refractivity contribution is -0.384. The number of dihydropyridines is 1. The minimum atomic E-state index is -0.683. The second-order valence-corrected chi connectivity index (χ2v) is 7.29. The van der Waals surface area contributed by atoms with E-state index in [0.29, 0.717) is 41.1 Å². The molecule has 152 valence electrons. The number of amides is 1. The molecule has 1 aliphatic heterocycles. The lowest BCUT2D eigenvalue weighted by atomic mass is 9.75. The van der Waals surface area contributed by atoms with Crippen molar-refractivity contribution in [1.82, 2.24) is 10.3 Å². The highest BCUT2D eigenvalue weighted by Crippen LogP contribution is 2.43. The summed E-state index contributed by atoms with van der Waals surface area (Å²) in [5, 5.41) is 17.3. The maximum Gasteiger partial charge on any atom is 0.269 e. The van der Waals surface area contributed by atoms with Gasteiger partial charge in [0.25, 0.3) is 11.6 Å². The Bertz CT molecular complexity index is 1110. The Morgan fingerprint density at radius 3 is 2.80 bits per heavy atom. The molecule has 4 rings (SSSR count). The molecule has 8 heteroatoms. The predicted molar refractivity (Wildman–Crippen MR) is 110 cm³/mol. The fourth-order valence-electron chi connectivity index (χ4n) is 4.06. The molecule has 2 N–H and O–H groups in total. The van der Waals surface area contributed by atoms with Gasteiger partial charge in [-0.25, -0.2) is 4.98 Å². The minimum absolute atomic E-state index is 0.0455. The molecule has 1 amide bonds. The van der Waals surface area contributed by atoms with Crippen molar-refractivity contribution < 1.29 is 14.5 Å². The number of nitro benzene ring substituents is 1. The summed E-state index contributed by atoms with van der Waals surface area (Å²) in [7, 11) is 0. The first-order valence-corrected chi connectivity index (χ1v) is 9.66. The number of ketones is 1. The third kappa shape index (κ3) is 3.59. The summed E-state index contributed by atoms with van der Waals surface area (Å²) in [5.74, 6) is -0.746. The van der Waals surface area contributed by atoms with E-state index in [1.807, 2.05) is 0 Å². The molecule has 0 saturated carbocycles. The van der Waals surface area contributed by atoms with Gasteiger partial charge in [-0.2, -0.15) is 0 Å². The average molecular weight is 404 g/mol. The Morgan fingerprint density at radius 2 is 2.07 bits per heavy atom. The Labute approximate surface area is 172 Å². The van der Waals surface area contributed by atoms with E-state index in [1.165, 1.54) is 12.1 Å². The van der Waals surface area contributed by atoms with Crippen molar-refractivity contribution in [1.29, 1.82) is 0 Å². The van der Waals surface area contributed by atoms with E-state index in [1.54, 1.807) is 43.5 Å². The maximum absolute atomic E-state index is 13.2. The number of nitro groups is 1. The molecule has 2 aromatic rings. The predicted octanol–water partition coefficient (Wildman–Crippen LogP) is 3.60. The zero-order valence-electron chi connectivity index (χ0n) is 16.3. The molecule has 30 heavy (non-hydrogen) atoms. The van der Waals surface area contributed by atoms with Crippen LogP contribution < -0.4 is 10.6 Å². The topological polar surface area (TPSA) is 114 Å². The minimum Gasteiger partial charge on any atom is -0.362 e. The largest absolute Gasteiger partial charge is 0.362 e. The molecule has 0 spiro atoms. The molecule has 2 heterocycles. The van der Waals surface area contributed by atoms with Crippen molar-refractivity contribution in [2.45, 2.75) is 32.1 Å². The smallest absolute Gasteiger partial charge is 0.269 e. The second-order valence-electron chi connectivity index (χ2n) is 7.29. The van der Waals surface area contributed by atoms with E-state index in [9.17, 15) is 19.7 Å². The number of carbonyl (C=O) groups excluding carboxylic acids is 2. The number of carbonyl (C=O) groups is 2. The standard InChI is InChI=1S/C22H20N4O4/c1-13-19(22(28)25-18-10-2-3-11-23-18)20(14-6-4-7-15(12-14)26(29)30)21-16(24-13)8-5-9-17(21)27/h2-4,6-7,10-12,20,24H,5,8-9H2,1H3,(H,23,25,28)/t20-/m0/s1. The zero-order valence-corrected chi connectivity index (χ0v) is 16.3. The highest BCUT2D eigenvalue weighted by Gasteiger charge is 2.38. The number of hydrogen-bond acceptors (Lipinski definition) is 6. The Hall–Kier alpha value is -3.81. The van der Waals surface area contributed by atoms with Crippen molar-refractivity contribution in [3.05, 3.63) is 86.9 Å². The molecule has 8 nitrogen and oxygen atoms in total. The number of non-ortho nitro benzene ring substituents is 1. The zero-order chi connectivity index (χ0) is 21.3. The van der Waals surface area contributed by atoms with Gasteiger partial charge in [0.1, 0.15) is 5.82 Å². The molecule has 0 fully saturated rings. The van der Waals surface area contributed by atoms with Gasteiger partial charge in [-0.05, 0) is 37.5 Å². The highest BCUT2D eigenvalue weighted by atomic mass is 16.6. The van der Waals surface area contributed by atoms with E-state index in [2.05, 4.69) is 15.6 Å². The van der Waals surface area contributed by atoms with Crippen LogP contribution in [0.1, 0.15) is 37.7 Å². The normalized spacial score (nSPS) is 18.6. The van der Waals surface area contributed by atoms with Crippen LogP contribution in [0.3, 0.4) is 0 Å². The van der Waals surface area contributed by atoms with Crippen LogP contribution >= 0.6 is 0 Å². The van der Waals surface area contributed by atoms with Crippen molar-refractivity contribution in [2.24, 2.45) is 0 Å². The van der Waals surface area contributed by atoms with Crippen LogP contribution in [-0.4, -0.2) is 21.6 Å². The molecular weight excluding hydrogens is 384 g/mol. The van der Waals surface area contributed by atoms with Crippen LogP contribution in [0.5, 0.6) is 0 Å². The first kappa shape index (κ1) is 19.5. The second kappa shape index (κ2) is 7.90. The van der Waals surface area contributed by atoms with Gasteiger partial charge in [0.2, 0.25) is 0 Å². The number of Topliss-reactive ketones (excluding diaryl/α,β-unsaturated/α-hetero) is 1. The van der Waals surface area contributed by atoms with Crippen LogP contribution in [0.2, 0.25) is 0 Å². The SMILES string of the molecule is CC1=C(C(=O)Nc2ccccn2)[C@H](c2cccc([N+](=O)[O-])c2)C2=C(CCCC2=O)N1. The van der Waals surface area contributed by atoms with Gasteiger partial charge in [-0.3, -0.25) is 19.7 Å². The van der Waals surface area contributed by atoms with E-state index >= 15 is 0 Å². The average Bonchev–Trinajstić information content (AvgIpc) is 2.73. The van der Waals surface area contributed by atoms with Crippen LogP contribution in [0.15, 0.2) is 71.2 Å². The monoisotopic (exact) mass is 404 g/mol. The number of hydrogen-bond donors (Lipinski definition) is 2. The summed E-state index contributed by atoms with van der Waals surface area (Å²) in [4.78, 5) is 41.1. The molecular formula is C22H20N4O4. The maximum atomic E-state index is 13.2. The van der Waals surface area contributed by atoms with Gasteiger partial charge in [0.05, 0.1) is 4.92 Å². The van der Waals surface area contributed by atoms with Crippen LogP contribution in [0.25, 0.3) is 0 Å². The quantitative estimate of drug-likeness (QED) is 0.594. The number of nitrogens with one attached hydrogen (secondary N) is 2. The highest BCUT2D eigenvalue weighted by molar-refractivity contribution is 6.09. The molecule has 0 unspecified atom stereocenters. The number of rotatable bonds is 4. The molecule has 0 saturated heterocycles. The number of allylic oxidation sites excluding steroid dienone is 3. The van der Waals surface area contributed by atoms with Gasteiger partial charge >= 0.3 is 0 Å². The summed E-state index contributed by atoms with van der Waals surface area (Å²) in [6, 6.07) is 11.3. The van der Waals surface area contributed by atoms with E-state index < -0.39 is 16.7 Å². The van der Waals surface area contributed by atoms with Crippen molar-refractivity contribution in [3.8, 4) is 0 Å². The summed E-state index contributed by atoms with van der Waals surface area (Å²) in [5.41, 5.74) is 2.73. The van der Waals surface area contributed by atoms with Crippen molar-refractivity contribution >= 4 is 23.2 Å². The van der Waals surface area contributed by atoms with Gasteiger partial charge < -0.3 is 10.6 Å². The lowest BCUT2D eigenvalue weighted by Gasteiger charge is -2.34. The lowest BCUT2D eigenvalue weighted by Crippen LogP contribution is -2.35. The summed E-state index contributed by atoms with van der Waals surface area (Å²) in [6.45, 7) is 1.78. The third-order valence-corrected chi connectivity index (χ3v) is 5.34. The van der Waals surface area contributed by atoms with Crippen molar-refractivity contribution in [2.75, 3.05) is 5.32 Å². The van der Waals surface area contributed by atoms with Gasteiger partial charge in [0.15, 0.2) is 5.78 Å². The Kier molecular flexibility index (Phi) is 5.14. The number of benzene rings is 1. The van der Waals surface area contributed by atoms with E-state index in [4.69, 9.17) is 0 Å². The first-order valence-electron chi connectivity index (χ1n) is 9.66. The third-order valence-electron chi connectivity index (χ3n) is 5.34. The number of anilines is 1. The van der Waals surface area contributed by atoms with Gasteiger partial charge in [-0.1, -0.05) is 18.2 Å². The molecule has 0 bridgehead atoms. The van der Waals surface area contributed by atoms with E-state index in [-0.39, 0.29) is 11.5 Å². The summed E-state index contributed by atoms with van der Waals surface area (Å²) < 4.78 is 0.